The number of thiophene rings is 1. The molecule has 4 nitrogen and oxygen atoms in total. The summed E-state index contributed by atoms with van der Waals surface area (Å²) < 4.78 is 27.8. The van der Waals surface area contributed by atoms with Crippen LogP contribution in [0.15, 0.2) is 39.9 Å². The van der Waals surface area contributed by atoms with Gasteiger partial charge in [0.15, 0.2) is 0 Å². The van der Waals surface area contributed by atoms with E-state index in [1.807, 2.05) is 6.07 Å². The third-order valence-electron chi connectivity index (χ3n) is 2.15. The highest BCUT2D eigenvalue weighted by Gasteiger charge is 2.16. The Morgan fingerprint density at radius 3 is 2.72 bits per heavy atom. The van der Waals surface area contributed by atoms with Crippen molar-refractivity contribution in [2.75, 3.05) is 4.72 Å². The summed E-state index contributed by atoms with van der Waals surface area (Å²) in [5, 5.41) is 10.6. The summed E-state index contributed by atoms with van der Waals surface area (Å²) in [5.41, 5.74) is 1.13. The fourth-order valence-corrected chi connectivity index (χ4v) is 4.13. The second kappa shape index (κ2) is 5.55. The van der Waals surface area contributed by atoms with Crippen LogP contribution in [0.4, 0.5) is 5.69 Å². The molecule has 0 fully saturated rings. The standard InChI is InChI=1S/C11H10INO3S2/c12-9-2-1-3-10(5-9)13-18(15,16)11-4-8(6-14)7-17-11/h1-5,7,13-14H,6H2. The highest BCUT2D eigenvalue weighted by atomic mass is 127. The lowest BCUT2D eigenvalue weighted by Crippen LogP contribution is -2.11. The number of sulfonamides is 1. The molecule has 0 aliphatic rings. The third kappa shape index (κ3) is 3.22. The van der Waals surface area contributed by atoms with Crippen LogP contribution in [-0.2, 0) is 16.6 Å². The third-order valence-corrected chi connectivity index (χ3v) is 5.69. The van der Waals surface area contributed by atoms with E-state index < -0.39 is 10.0 Å². The van der Waals surface area contributed by atoms with Gasteiger partial charge >= 0.3 is 0 Å². The predicted molar refractivity (Wildman–Crippen MR) is 80.2 cm³/mol. The van der Waals surface area contributed by atoms with Crippen LogP contribution in [0.1, 0.15) is 5.56 Å². The van der Waals surface area contributed by atoms with Crippen LogP contribution in [0.2, 0.25) is 0 Å². The van der Waals surface area contributed by atoms with Crippen LogP contribution >= 0.6 is 33.9 Å². The lowest BCUT2D eigenvalue weighted by atomic mass is 10.3. The summed E-state index contributed by atoms with van der Waals surface area (Å²) in [4.78, 5) is 0. The van der Waals surface area contributed by atoms with Crippen molar-refractivity contribution in [1.82, 2.24) is 0 Å². The summed E-state index contributed by atoms with van der Waals surface area (Å²) in [6.45, 7) is -0.157. The van der Waals surface area contributed by atoms with E-state index in [4.69, 9.17) is 5.11 Å². The maximum atomic E-state index is 12.1. The molecule has 1 aromatic carbocycles. The molecule has 96 valence electrons. The largest absolute Gasteiger partial charge is 0.392 e. The van der Waals surface area contributed by atoms with E-state index in [1.54, 1.807) is 23.6 Å². The molecule has 0 radical (unpaired) electrons. The second-order valence-corrected chi connectivity index (χ2v) is 7.61. The molecular weight excluding hydrogens is 385 g/mol. The van der Waals surface area contributed by atoms with Gasteiger partial charge < -0.3 is 5.11 Å². The van der Waals surface area contributed by atoms with Crippen LogP contribution in [0.25, 0.3) is 0 Å². The Labute approximate surface area is 123 Å². The molecule has 2 N–H and O–H groups in total. The average molecular weight is 395 g/mol. The van der Waals surface area contributed by atoms with Crippen molar-refractivity contribution >= 4 is 49.6 Å². The lowest BCUT2D eigenvalue weighted by Gasteiger charge is -2.06. The number of anilines is 1. The van der Waals surface area contributed by atoms with Crippen LogP contribution < -0.4 is 4.72 Å². The zero-order valence-electron chi connectivity index (χ0n) is 9.13. The first-order chi connectivity index (χ1) is 8.51. The fourth-order valence-electron chi connectivity index (χ4n) is 1.33. The van der Waals surface area contributed by atoms with Gasteiger partial charge in [0.2, 0.25) is 0 Å². The zero-order valence-corrected chi connectivity index (χ0v) is 12.9. The quantitative estimate of drug-likeness (QED) is 0.783. The molecular formula is C11H10INO3S2. The van der Waals surface area contributed by atoms with E-state index >= 15 is 0 Å². The molecule has 0 aliphatic carbocycles. The maximum absolute atomic E-state index is 12.1. The van der Waals surface area contributed by atoms with Gasteiger partial charge in [-0.1, -0.05) is 6.07 Å². The van der Waals surface area contributed by atoms with Crippen LogP contribution in [0.3, 0.4) is 0 Å². The van der Waals surface area contributed by atoms with Crippen molar-refractivity contribution in [2.45, 2.75) is 10.8 Å². The summed E-state index contributed by atoms with van der Waals surface area (Å²) in [6, 6.07) is 8.58. The van der Waals surface area contributed by atoms with Gasteiger partial charge in [0.1, 0.15) is 4.21 Å². The summed E-state index contributed by atoms with van der Waals surface area (Å²) >= 11 is 3.21. The summed E-state index contributed by atoms with van der Waals surface area (Å²) in [5.74, 6) is 0. The zero-order chi connectivity index (χ0) is 13.2. The van der Waals surface area contributed by atoms with E-state index in [9.17, 15) is 8.42 Å². The molecule has 7 heteroatoms. The lowest BCUT2D eigenvalue weighted by molar-refractivity contribution is 0.282. The van der Waals surface area contributed by atoms with E-state index in [0.717, 1.165) is 14.9 Å². The normalized spacial score (nSPS) is 11.4. The van der Waals surface area contributed by atoms with E-state index in [0.29, 0.717) is 11.3 Å². The first-order valence-electron chi connectivity index (χ1n) is 4.98. The second-order valence-electron chi connectivity index (χ2n) is 3.55. The van der Waals surface area contributed by atoms with Crippen molar-refractivity contribution in [2.24, 2.45) is 0 Å². The summed E-state index contributed by atoms with van der Waals surface area (Å²) in [7, 11) is -3.57. The van der Waals surface area contributed by atoms with E-state index in [-0.39, 0.29) is 10.8 Å². The molecule has 0 bridgehead atoms. The Morgan fingerprint density at radius 1 is 1.33 bits per heavy atom. The van der Waals surface area contributed by atoms with Crippen molar-refractivity contribution < 1.29 is 13.5 Å². The highest BCUT2D eigenvalue weighted by Crippen LogP contribution is 2.23. The smallest absolute Gasteiger partial charge is 0.271 e. The Kier molecular flexibility index (Phi) is 4.25. The topological polar surface area (TPSA) is 66.4 Å². The monoisotopic (exact) mass is 395 g/mol. The van der Waals surface area contributed by atoms with Crippen LogP contribution in [0.5, 0.6) is 0 Å². The number of benzene rings is 1. The molecule has 2 aromatic rings. The van der Waals surface area contributed by atoms with Crippen molar-refractivity contribution in [3.63, 3.8) is 0 Å². The molecule has 0 aliphatic heterocycles. The Bertz CT molecular complexity index is 652. The van der Waals surface area contributed by atoms with Gasteiger partial charge in [-0.2, -0.15) is 0 Å². The number of hydrogen-bond acceptors (Lipinski definition) is 4. The first kappa shape index (κ1) is 13.8. The molecule has 0 unspecified atom stereocenters. The minimum absolute atomic E-state index is 0.157. The van der Waals surface area contributed by atoms with Gasteiger partial charge in [-0.15, -0.1) is 11.3 Å². The van der Waals surface area contributed by atoms with Gasteiger partial charge in [0, 0.05) is 9.26 Å². The molecule has 1 heterocycles. The number of rotatable bonds is 4. The Balaban J connectivity index is 2.27. The van der Waals surface area contributed by atoms with Gasteiger partial charge in [-0.25, -0.2) is 8.42 Å². The molecule has 0 saturated carbocycles. The van der Waals surface area contributed by atoms with Gasteiger partial charge in [-0.3, -0.25) is 4.72 Å². The fraction of sp³-hybridized carbons (Fsp3) is 0.0909. The van der Waals surface area contributed by atoms with E-state index in [1.165, 1.54) is 6.07 Å². The number of halogens is 1. The maximum Gasteiger partial charge on any atom is 0.271 e. The molecule has 2 rings (SSSR count). The van der Waals surface area contributed by atoms with Gasteiger partial charge in [0.05, 0.1) is 6.61 Å². The first-order valence-corrected chi connectivity index (χ1v) is 8.42. The van der Waals surface area contributed by atoms with Gasteiger partial charge in [0.25, 0.3) is 10.0 Å². The predicted octanol–water partition coefficient (Wildman–Crippen LogP) is 2.65. The van der Waals surface area contributed by atoms with Crippen LogP contribution in [-0.4, -0.2) is 13.5 Å². The summed E-state index contributed by atoms with van der Waals surface area (Å²) in [6.07, 6.45) is 0. The molecule has 0 atom stereocenters. The van der Waals surface area contributed by atoms with Crippen molar-refractivity contribution in [1.29, 1.82) is 0 Å². The van der Waals surface area contributed by atoms with Gasteiger partial charge in [-0.05, 0) is 57.8 Å². The highest BCUT2D eigenvalue weighted by molar-refractivity contribution is 14.1. The number of hydrogen-bond donors (Lipinski definition) is 2. The van der Waals surface area contributed by atoms with Crippen molar-refractivity contribution in [3.05, 3.63) is 44.8 Å². The number of nitrogens with one attached hydrogen (secondary N) is 1. The Morgan fingerprint density at radius 2 is 2.11 bits per heavy atom. The van der Waals surface area contributed by atoms with Crippen molar-refractivity contribution in [3.8, 4) is 0 Å². The minimum atomic E-state index is -3.57. The molecule has 18 heavy (non-hydrogen) atoms. The van der Waals surface area contributed by atoms with Crippen LogP contribution in [0, 0.1) is 3.57 Å². The average Bonchev–Trinajstić information content (AvgIpc) is 2.77. The number of aliphatic hydroxyl groups excluding tert-OH is 1. The molecule has 1 aromatic heterocycles. The molecule has 0 amide bonds. The Hall–Kier alpha value is -0.640. The molecule has 0 saturated heterocycles. The minimum Gasteiger partial charge on any atom is -0.392 e. The van der Waals surface area contributed by atoms with E-state index in [2.05, 4.69) is 27.3 Å². The molecule has 0 spiro atoms. The SMILES string of the molecule is O=S(=O)(Nc1cccc(I)c1)c1cc(CO)cs1. The number of aliphatic hydroxyl groups is 1.